The molecule has 4 amide bonds. The summed E-state index contributed by atoms with van der Waals surface area (Å²) in [6, 6.07) is -0.798. The van der Waals surface area contributed by atoms with Crippen molar-refractivity contribution in [2.75, 3.05) is 11.5 Å². The average Bonchev–Trinajstić information content (AvgIpc) is 3.38. The van der Waals surface area contributed by atoms with Crippen molar-refractivity contribution >= 4 is 63.8 Å². The molecule has 2 aromatic rings. The number of anilines is 1. The second-order valence-corrected chi connectivity index (χ2v) is 11.3. The van der Waals surface area contributed by atoms with Crippen LogP contribution in [0.1, 0.15) is 34.9 Å². The fraction of sp³-hybridized carbons (Fsp3) is 0.333. The van der Waals surface area contributed by atoms with Gasteiger partial charge in [0.05, 0.1) is 22.9 Å². The van der Waals surface area contributed by atoms with Crippen LogP contribution in [-0.4, -0.2) is 73.8 Å². The summed E-state index contributed by atoms with van der Waals surface area (Å²) in [6.07, 6.45) is 2.62. The van der Waals surface area contributed by atoms with Gasteiger partial charge in [-0.05, 0) is 6.42 Å². The Balaban J connectivity index is 1.48. The molecule has 18 heteroatoms. The number of carboxylic acids is 2. The van der Waals surface area contributed by atoms with Crippen molar-refractivity contribution < 1.29 is 43.5 Å². The standard InChI is InChI=1S/C24H26N8O8S2/c25-12(22(37)38)1-2-14(33)29-15(13-9-42-24(27)28-13)19(35)30-16-20(36)32-17(23(39)40)11(8-41-21(16)32)7-31-5-3-10(4-6-31)18(26)34/h3-6,9,12,15-16,21H,1-2,7-8,25H2,(H7-,26,27,28,29,30,33,34,35,37,38,39,40)/t12-,15+,16-,21+/m1/s1. The third kappa shape index (κ3) is 6.50. The van der Waals surface area contributed by atoms with Gasteiger partial charge < -0.3 is 42.8 Å². The predicted molar refractivity (Wildman–Crippen MR) is 144 cm³/mol. The Hall–Kier alpha value is -4.55. The van der Waals surface area contributed by atoms with E-state index in [4.69, 9.17) is 22.3 Å². The van der Waals surface area contributed by atoms with Gasteiger partial charge in [0.1, 0.15) is 17.5 Å². The summed E-state index contributed by atoms with van der Waals surface area (Å²) in [7, 11) is 0. The molecule has 1 fully saturated rings. The van der Waals surface area contributed by atoms with E-state index >= 15 is 0 Å². The second-order valence-electron chi connectivity index (χ2n) is 9.35. The van der Waals surface area contributed by atoms with E-state index in [-0.39, 0.29) is 47.2 Å². The number of carbonyl (C=O) groups excluding carboxylic acids is 5. The summed E-state index contributed by atoms with van der Waals surface area (Å²) in [4.78, 5) is 78.3. The molecule has 9 N–H and O–H groups in total. The molecule has 1 saturated heterocycles. The summed E-state index contributed by atoms with van der Waals surface area (Å²) in [5.41, 5.74) is 16.8. The lowest BCUT2D eigenvalue weighted by Crippen LogP contribution is -2.71. The number of aliphatic carboxylic acids is 2. The minimum Gasteiger partial charge on any atom is -0.543 e. The van der Waals surface area contributed by atoms with Crippen LogP contribution in [0.25, 0.3) is 0 Å². The molecular weight excluding hydrogens is 592 g/mol. The number of β-lactam (4-membered cyclic amide) rings is 1. The van der Waals surface area contributed by atoms with E-state index in [1.165, 1.54) is 29.3 Å². The first-order valence-corrected chi connectivity index (χ1v) is 14.3. The summed E-state index contributed by atoms with van der Waals surface area (Å²) < 4.78 is 1.62. The number of carboxylic acid groups (broad SMARTS) is 2. The van der Waals surface area contributed by atoms with Crippen LogP contribution in [0.5, 0.6) is 0 Å². The summed E-state index contributed by atoms with van der Waals surface area (Å²) in [5.74, 6) is -5.44. The van der Waals surface area contributed by atoms with E-state index in [1.807, 2.05) is 0 Å². The van der Waals surface area contributed by atoms with Gasteiger partial charge >= 0.3 is 5.97 Å². The topological polar surface area (TPSA) is 268 Å². The van der Waals surface area contributed by atoms with Gasteiger partial charge in [0, 0.05) is 35.3 Å². The molecule has 16 nitrogen and oxygen atoms in total. The number of nitrogens with two attached hydrogens (primary N) is 3. The molecular formula is C24H26N8O8S2. The Kier molecular flexibility index (Phi) is 9.08. The minimum absolute atomic E-state index is 0.0910. The average molecular weight is 619 g/mol. The lowest BCUT2D eigenvalue weighted by atomic mass is 10.0. The minimum atomic E-state index is -1.56. The highest BCUT2D eigenvalue weighted by Crippen LogP contribution is 2.40. The third-order valence-electron chi connectivity index (χ3n) is 6.49. The van der Waals surface area contributed by atoms with E-state index in [9.17, 15) is 33.9 Å². The first kappa shape index (κ1) is 30.4. The van der Waals surface area contributed by atoms with E-state index in [0.717, 1.165) is 16.2 Å². The molecule has 0 spiro atoms. The zero-order valence-electron chi connectivity index (χ0n) is 21.7. The zero-order chi connectivity index (χ0) is 30.7. The van der Waals surface area contributed by atoms with Gasteiger partial charge in [0.2, 0.25) is 17.7 Å². The number of pyridine rings is 1. The molecule has 4 atom stereocenters. The zero-order valence-corrected chi connectivity index (χ0v) is 23.4. The van der Waals surface area contributed by atoms with Crippen molar-refractivity contribution in [2.24, 2.45) is 11.5 Å². The smallest absolute Gasteiger partial charge is 0.320 e. The molecule has 0 aliphatic carbocycles. The van der Waals surface area contributed by atoms with Crippen molar-refractivity contribution in [3.63, 3.8) is 0 Å². The Morgan fingerprint density at radius 3 is 2.50 bits per heavy atom. The normalized spacial score (nSPS) is 19.3. The number of hydrogen-bond donors (Lipinski definition) is 6. The number of nitrogens with zero attached hydrogens (tertiary/aromatic N) is 3. The van der Waals surface area contributed by atoms with E-state index in [1.54, 1.807) is 17.0 Å². The molecule has 2 aliphatic heterocycles. The number of carbonyl (C=O) groups is 6. The number of fused-ring (bicyclic) bond motifs is 1. The van der Waals surface area contributed by atoms with Crippen LogP contribution >= 0.6 is 23.1 Å². The Morgan fingerprint density at radius 2 is 1.93 bits per heavy atom. The summed E-state index contributed by atoms with van der Waals surface area (Å²) >= 11 is 2.24. The van der Waals surface area contributed by atoms with Crippen molar-refractivity contribution in [3.05, 3.63) is 52.4 Å². The molecule has 2 aliphatic rings. The Bertz CT molecular complexity index is 1480. The van der Waals surface area contributed by atoms with Crippen molar-refractivity contribution in [2.45, 2.75) is 42.9 Å². The van der Waals surface area contributed by atoms with Gasteiger partial charge in [-0.2, -0.15) is 0 Å². The van der Waals surface area contributed by atoms with Crippen LogP contribution in [0.15, 0.2) is 41.2 Å². The molecule has 42 heavy (non-hydrogen) atoms. The van der Waals surface area contributed by atoms with Gasteiger partial charge in [-0.3, -0.25) is 28.9 Å². The van der Waals surface area contributed by atoms with Gasteiger partial charge in [0.15, 0.2) is 30.1 Å². The Labute approximate surface area is 245 Å². The van der Waals surface area contributed by atoms with E-state index < -0.39 is 59.1 Å². The molecule has 0 bridgehead atoms. The van der Waals surface area contributed by atoms with Crippen LogP contribution < -0.4 is 37.5 Å². The third-order valence-corrected chi connectivity index (χ3v) is 8.52. The van der Waals surface area contributed by atoms with Crippen LogP contribution in [0.3, 0.4) is 0 Å². The molecule has 0 unspecified atom stereocenters. The number of aromatic nitrogens is 2. The number of rotatable bonds is 12. The first-order chi connectivity index (χ1) is 19.9. The quantitative estimate of drug-likeness (QED) is 0.100. The van der Waals surface area contributed by atoms with Crippen molar-refractivity contribution in [1.29, 1.82) is 0 Å². The monoisotopic (exact) mass is 618 g/mol. The van der Waals surface area contributed by atoms with Crippen LogP contribution in [0.2, 0.25) is 0 Å². The van der Waals surface area contributed by atoms with E-state index in [0.29, 0.717) is 5.57 Å². The lowest BCUT2D eigenvalue weighted by molar-refractivity contribution is -0.689. The fourth-order valence-electron chi connectivity index (χ4n) is 4.33. The molecule has 0 saturated carbocycles. The highest BCUT2D eigenvalue weighted by atomic mass is 32.2. The van der Waals surface area contributed by atoms with Crippen LogP contribution in [0.4, 0.5) is 5.13 Å². The maximum absolute atomic E-state index is 13.3. The Morgan fingerprint density at radius 1 is 1.24 bits per heavy atom. The maximum atomic E-state index is 13.3. The number of nitrogens with one attached hydrogen (secondary N) is 2. The summed E-state index contributed by atoms with van der Waals surface area (Å²) in [5, 5.41) is 26.9. The molecule has 4 rings (SSSR count). The molecule has 222 valence electrons. The predicted octanol–water partition coefficient (Wildman–Crippen LogP) is -3.43. The number of amides is 4. The van der Waals surface area contributed by atoms with Gasteiger partial charge in [-0.25, -0.2) is 9.55 Å². The molecule has 4 heterocycles. The SMILES string of the molecule is NC(=O)c1cc[n+](CC2=C(C(=O)[O-])N3C(=O)[C@@H](NC(=O)[C@@H](NC(=O)CC[C@@H](N)C(=O)O)c4csc(N)n4)[C@@H]3SC2)cc1. The van der Waals surface area contributed by atoms with Gasteiger partial charge in [-0.15, -0.1) is 23.1 Å². The molecule has 2 aromatic heterocycles. The number of nitrogen functional groups attached to an aromatic ring is 1. The van der Waals surface area contributed by atoms with Crippen LogP contribution in [-0.2, 0) is 30.5 Å². The van der Waals surface area contributed by atoms with E-state index in [2.05, 4.69) is 15.6 Å². The summed E-state index contributed by atoms with van der Waals surface area (Å²) in [6.45, 7) is 0.0910. The van der Waals surface area contributed by atoms with Gasteiger partial charge in [0.25, 0.3) is 5.91 Å². The second kappa shape index (κ2) is 12.5. The number of thiazole rings is 1. The fourth-order valence-corrected chi connectivity index (χ4v) is 6.25. The number of hydrogen-bond acceptors (Lipinski definition) is 12. The highest BCUT2D eigenvalue weighted by Gasteiger charge is 2.53. The van der Waals surface area contributed by atoms with Crippen molar-refractivity contribution in [3.8, 4) is 0 Å². The van der Waals surface area contributed by atoms with Crippen LogP contribution in [0, 0.1) is 0 Å². The molecule has 0 aromatic carbocycles. The van der Waals surface area contributed by atoms with Crippen molar-refractivity contribution in [1.82, 2.24) is 20.5 Å². The maximum Gasteiger partial charge on any atom is 0.320 e. The largest absolute Gasteiger partial charge is 0.543 e. The number of primary amides is 1. The highest BCUT2D eigenvalue weighted by molar-refractivity contribution is 8.00. The molecule has 0 radical (unpaired) electrons. The number of thioether (sulfide) groups is 1. The lowest BCUT2D eigenvalue weighted by Gasteiger charge is -2.50. The van der Waals surface area contributed by atoms with Gasteiger partial charge in [-0.1, -0.05) is 0 Å². The first-order valence-electron chi connectivity index (χ1n) is 12.3.